The van der Waals surface area contributed by atoms with Gasteiger partial charge in [0, 0.05) is 18.2 Å². The van der Waals surface area contributed by atoms with E-state index in [2.05, 4.69) is 55.0 Å². The molecule has 2 aromatic rings. The third kappa shape index (κ3) is 3.96. The molecule has 0 bridgehead atoms. The van der Waals surface area contributed by atoms with Gasteiger partial charge in [-0.25, -0.2) is 9.97 Å². The van der Waals surface area contributed by atoms with Crippen LogP contribution in [0.25, 0.3) is 0 Å². The van der Waals surface area contributed by atoms with Gasteiger partial charge < -0.3 is 5.32 Å². The van der Waals surface area contributed by atoms with Crippen molar-refractivity contribution in [2.24, 2.45) is 0 Å². The van der Waals surface area contributed by atoms with Crippen molar-refractivity contribution in [3.05, 3.63) is 40.3 Å². The molecule has 2 aromatic heterocycles. The van der Waals surface area contributed by atoms with Crippen molar-refractivity contribution in [1.82, 2.24) is 19.9 Å². The van der Waals surface area contributed by atoms with E-state index >= 15 is 0 Å². The Labute approximate surface area is 121 Å². The molecule has 0 aliphatic rings. The van der Waals surface area contributed by atoms with Gasteiger partial charge in [-0.3, -0.25) is 9.97 Å². The fourth-order valence-electron chi connectivity index (χ4n) is 1.48. The molecule has 2 heterocycles. The smallest absolute Gasteiger partial charge is 0.134 e. The Balaban J connectivity index is 2.08. The number of aryl methyl sites for hydroxylation is 1. The van der Waals surface area contributed by atoms with E-state index in [0.29, 0.717) is 6.54 Å². The van der Waals surface area contributed by atoms with E-state index < -0.39 is 0 Å². The predicted molar refractivity (Wildman–Crippen MR) is 77.9 cm³/mol. The number of anilines is 1. The first-order chi connectivity index (χ1) is 9.04. The molecule has 0 spiro atoms. The second kappa shape index (κ2) is 6.06. The summed E-state index contributed by atoms with van der Waals surface area (Å²) in [5.41, 5.74) is 1.79. The largest absolute Gasteiger partial charge is 0.364 e. The number of aromatic nitrogens is 4. The molecule has 0 amide bonds. The molecule has 1 N–H and O–H groups in total. The number of nitrogens with one attached hydrogen (secondary N) is 1. The number of halogens is 1. The van der Waals surface area contributed by atoms with Gasteiger partial charge in [0.2, 0.25) is 0 Å². The summed E-state index contributed by atoms with van der Waals surface area (Å²) in [6, 6.07) is 1.85. The summed E-state index contributed by atoms with van der Waals surface area (Å²) in [4.78, 5) is 17.3. The van der Waals surface area contributed by atoms with Gasteiger partial charge in [0.1, 0.15) is 16.2 Å². The topological polar surface area (TPSA) is 63.6 Å². The first-order valence-corrected chi connectivity index (χ1v) is 6.90. The lowest BCUT2D eigenvalue weighted by atomic mass is 10.2. The van der Waals surface area contributed by atoms with E-state index in [1.165, 1.54) is 0 Å². The second-order valence-electron chi connectivity index (χ2n) is 4.59. The van der Waals surface area contributed by atoms with Crippen LogP contribution >= 0.6 is 15.9 Å². The normalized spacial score (nSPS) is 10.8. The van der Waals surface area contributed by atoms with Crippen LogP contribution in [0.15, 0.2) is 23.1 Å². The molecule has 5 nitrogen and oxygen atoms in total. The molecular formula is C13H16BrN5. The molecular weight excluding hydrogens is 306 g/mol. The van der Waals surface area contributed by atoms with Crippen molar-refractivity contribution in [2.45, 2.75) is 33.2 Å². The lowest BCUT2D eigenvalue weighted by molar-refractivity contribution is 0.769. The van der Waals surface area contributed by atoms with Crippen molar-refractivity contribution in [2.75, 3.05) is 5.32 Å². The Hall–Kier alpha value is -1.56. The van der Waals surface area contributed by atoms with Crippen molar-refractivity contribution in [3.63, 3.8) is 0 Å². The number of hydrogen-bond acceptors (Lipinski definition) is 5. The van der Waals surface area contributed by atoms with E-state index in [1.54, 1.807) is 12.4 Å². The summed E-state index contributed by atoms with van der Waals surface area (Å²) in [7, 11) is 0. The highest BCUT2D eigenvalue weighted by Gasteiger charge is 2.06. The van der Waals surface area contributed by atoms with Gasteiger partial charge in [-0.1, -0.05) is 13.8 Å². The summed E-state index contributed by atoms with van der Waals surface area (Å²) in [6.45, 7) is 6.64. The number of nitrogens with zero attached hydrogens (tertiary/aromatic N) is 4. The highest BCUT2D eigenvalue weighted by molar-refractivity contribution is 9.10. The molecule has 0 saturated carbocycles. The zero-order valence-corrected chi connectivity index (χ0v) is 12.8. The van der Waals surface area contributed by atoms with Gasteiger partial charge in [0.15, 0.2) is 0 Å². The summed E-state index contributed by atoms with van der Waals surface area (Å²) in [5.74, 6) is 1.89. The maximum Gasteiger partial charge on any atom is 0.134 e. The molecule has 0 aliphatic heterocycles. The van der Waals surface area contributed by atoms with Gasteiger partial charge in [0.25, 0.3) is 0 Å². The fraction of sp³-hybridized carbons (Fsp3) is 0.385. The van der Waals surface area contributed by atoms with Crippen molar-refractivity contribution < 1.29 is 0 Å². The monoisotopic (exact) mass is 321 g/mol. The van der Waals surface area contributed by atoms with Crippen molar-refractivity contribution in [1.29, 1.82) is 0 Å². The molecule has 0 unspecified atom stereocenters. The van der Waals surface area contributed by atoms with Crippen LogP contribution in [0.1, 0.15) is 37.0 Å². The molecule has 100 valence electrons. The maximum absolute atomic E-state index is 4.47. The average Bonchev–Trinajstić information content (AvgIpc) is 2.37. The first kappa shape index (κ1) is 13.9. The predicted octanol–water partition coefficient (Wildman–Crippen LogP) is 3.07. The van der Waals surface area contributed by atoms with Gasteiger partial charge >= 0.3 is 0 Å². The summed E-state index contributed by atoms with van der Waals surface area (Å²) in [6.07, 6.45) is 3.52. The van der Waals surface area contributed by atoms with Crippen molar-refractivity contribution >= 4 is 21.7 Å². The molecule has 6 heteroatoms. The van der Waals surface area contributed by atoms with E-state index in [4.69, 9.17) is 0 Å². The molecule has 19 heavy (non-hydrogen) atoms. The molecule has 0 atom stereocenters. The first-order valence-electron chi connectivity index (χ1n) is 6.10. The van der Waals surface area contributed by atoms with Crippen LogP contribution in [0.3, 0.4) is 0 Å². The average molecular weight is 322 g/mol. The Morgan fingerprint density at radius 1 is 1.21 bits per heavy atom. The molecule has 0 saturated heterocycles. The van der Waals surface area contributed by atoms with Crippen LogP contribution in [-0.2, 0) is 6.54 Å². The molecule has 0 aromatic carbocycles. The maximum atomic E-state index is 4.47. The van der Waals surface area contributed by atoms with Crippen molar-refractivity contribution in [3.8, 4) is 0 Å². The zero-order valence-electron chi connectivity index (χ0n) is 11.2. The van der Waals surface area contributed by atoms with Gasteiger partial charge in [0.05, 0.1) is 24.1 Å². The van der Waals surface area contributed by atoms with Crippen LogP contribution in [0.4, 0.5) is 5.82 Å². The lowest BCUT2D eigenvalue weighted by Gasteiger charge is -2.09. The zero-order chi connectivity index (χ0) is 13.8. The Morgan fingerprint density at radius 3 is 2.63 bits per heavy atom. The summed E-state index contributed by atoms with van der Waals surface area (Å²) >= 11 is 3.40. The quantitative estimate of drug-likeness (QED) is 0.877. The minimum atomic E-state index is 0.289. The highest BCUT2D eigenvalue weighted by Crippen LogP contribution is 2.17. The van der Waals surface area contributed by atoms with Crippen LogP contribution in [0, 0.1) is 6.92 Å². The van der Waals surface area contributed by atoms with Gasteiger partial charge in [-0.2, -0.15) is 0 Å². The standard InChI is InChI=1S/C13H16BrN5/c1-8(2)13-18-11(14)4-12(19-13)17-7-10-6-15-9(3)5-16-10/h4-6,8H,7H2,1-3H3,(H,17,18,19). The lowest BCUT2D eigenvalue weighted by Crippen LogP contribution is -2.07. The third-order valence-corrected chi connectivity index (χ3v) is 2.92. The van der Waals surface area contributed by atoms with Crippen LogP contribution < -0.4 is 5.32 Å². The second-order valence-corrected chi connectivity index (χ2v) is 5.40. The van der Waals surface area contributed by atoms with E-state index in [-0.39, 0.29) is 5.92 Å². The Kier molecular flexibility index (Phi) is 4.42. The Morgan fingerprint density at radius 2 is 2.00 bits per heavy atom. The van der Waals surface area contributed by atoms with Crippen LogP contribution in [-0.4, -0.2) is 19.9 Å². The van der Waals surface area contributed by atoms with Crippen LogP contribution in [0.5, 0.6) is 0 Å². The molecule has 0 fully saturated rings. The van der Waals surface area contributed by atoms with Gasteiger partial charge in [-0.15, -0.1) is 0 Å². The summed E-state index contributed by atoms with van der Waals surface area (Å²) < 4.78 is 0.781. The number of hydrogen-bond donors (Lipinski definition) is 1. The minimum absolute atomic E-state index is 0.289. The number of rotatable bonds is 4. The third-order valence-electron chi connectivity index (χ3n) is 2.51. The van der Waals surface area contributed by atoms with Gasteiger partial charge in [-0.05, 0) is 22.9 Å². The van der Waals surface area contributed by atoms with E-state index in [0.717, 1.165) is 27.6 Å². The fourth-order valence-corrected chi connectivity index (χ4v) is 1.87. The molecule has 0 aliphatic carbocycles. The van der Waals surface area contributed by atoms with E-state index in [9.17, 15) is 0 Å². The molecule has 2 rings (SSSR count). The summed E-state index contributed by atoms with van der Waals surface area (Å²) in [5, 5.41) is 3.23. The molecule has 0 radical (unpaired) electrons. The van der Waals surface area contributed by atoms with E-state index in [1.807, 2.05) is 13.0 Å². The SMILES string of the molecule is Cc1cnc(CNc2cc(Br)nc(C(C)C)n2)cn1. The minimum Gasteiger partial charge on any atom is -0.364 e. The van der Waals surface area contributed by atoms with Crippen LogP contribution in [0.2, 0.25) is 0 Å². The Bertz CT molecular complexity index is 553. The highest BCUT2D eigenvalue weighted by atomic mass is 79.9.